The van der Waals surface area contributed by atoms with Crippen LogP contribution >= 0.6 is 0 Å². The topological polar surface area (TPSA) is 59.8 Å². The quantitative estimate of drug-likeness (QED) is 0.791. The molecule has 0 bridgehead atoms. The van der Waals surface area contributed by atoms with Crippen LogP contribution in [-0.4, -0.2) is 20.4 Å². The predicted molar refractivity (Wildman–Crippen MR) is 88.5 cm³/mol. The van der Waals surface area contributed by atoms with E-state index < -0.39 is 5.41 Å². The van der Waals surface area contributed by atoms with Gasteiger partial charge in [-0.3, -0.25) is 9.78 Å². The molecule has 114 valence electrons. The average Bonchev–Trinajstić information content (AvgIpc) is 3.12. The molecule has 3 heterocycles. The van der Waals surface area contributed by atoms with E-state index in [4.69, 9.17) is 0 Å². The molecule has 0 unspecified atom stereocenters. The zero-order valence-corrected chi connectivity index (χ0v) is 12.9. The molecular weight excluding hydrogens is 288 g/mol. The number of fused-ring (bicyclic) bond motifs is 1. The monoisotopic (exact) mass is 304 g/mol. The third kappa shape index (κ3) is 2.12. The number of rotatable bonds is 2. The molecule has 5 heteroatoms. The maximum atomic E-state index is 12.1. The Morgan fingerprint density at radius 1 is 1.22 bits per heavy atom. The van der Waals surface area contributed by atoms with Gasteiger partial charge in [-0.1, -0.05) is 6.07 Å². The molecule has 5 nitrogen and oxygen atoms in total. The minimum Gasteiger partial charge on any atom is -0.325 e. The number of carbonyl (C=O) groups excluding carboxylic acids is 1. The summed E-state index contributed by atoms with van der Waals surface area (Å²) in [5, 5.41) is 2.95. The van der Waals surface area contributed by atoms with Gasteiger partial charge in [-0.2, -0.15) is 0 Å². The fourth-order valence-electron chi connectivity index (χ4n) is 2.87. The molecule has 0 saturated carbocycles. The molecule has 0 atom stereocenters. The molecule has 0 aliphatic carbocycles. The third-order valence-electron chi connectivity index (χ3n) is 4.33. The number of pyridine rings is 1. The maximum absolute atomic E-state index is 12.1. The van der Waals surface area contributed by atoms with Crippen molar-refractivity contribution < 1.29 is 4.79 Å². The largest absolute Gasteiger partial charge is 0.325 e. The Balaban J connectivity index is 1.72. The van der Waals surface area contributed by atoms with Crippen molar-refractivity contribution in [1.82, 2.24) is 14.5 Å². The fraction of sp³-hybridized carbons (Fsp3) is 0.167. The van der Waals surface area contributed by atoms with E-state index in [-0.39, 0.29) is 5.91 Å². The van der Waals surface area contributed by atoms with E-state index >= 15 is 0 Å². The van der Waals surface area contributed by atoms with Gasteiger partial charge in [-0.25, -0.2) is 4.98 Å². The van der Waals surface area contributed by atoms with Gasteiger partial charge in [0.1, 0.15) is 0 Å². The highest BCUT2D eigenvalue weighted by atomic mass is 16.2. The second-order valence-corrected chi connectivity index (χ2v) is 6.22. The Labute approximate surface area is 134 Å². The standard InChI is InChI=1S/C18H16N4O/c1-18(2)14-6-5-13(8-15(14)21-17(18)23)22-10-16(20-11-22)12-4-3-7-19-9-12/h3-11H,1-2H3,(H,21,23). The lowest BCUT2D eigenvalue weighted by atomic mass is 9.86. The molecular formula is C18H16N4O. The first-order chi connectivity index (χ1) is 11.1. The normalized spacial score (nSPS) is 15.3. The Morgan fingerprint density at radius 2 is 2.09 bits per heavy atom. The second kappa shape index (κ2) is 4.78. The molecule has 1 aliphatic rings. The van der Waals surface area contributed by atoms with E-state index in [1.165, 1.54) is 0 Å². The van der Waals surface area contributed by atoms with Crippen LogP contribution in [0.25, 0.3) is 16.9 Å². The van der Waals surface area contributed by atoms with Crippen LogP contribution in [0.4, 0.5) is 5.69 Å². The molecule has 0 fully saturated rings. The van der Waals surface area contributed by atoms with Crippen LogP contribution in [0.2, 0.25) is 0 Å². The summed E-state index contributed by atoms with van der Waals surface area (Å²) in [6.45, 7) is 3.87. The van der Waals surface area contributed by atoms with Gasteiger partial charge >= 0.3 is 0 Å². The molecule has 0 saturated heterocycles. The lowest BCUT2D eigenvalue weighted by molar-refractivity contribution is -0.119. The van der Waals surface area contributed by atoms with Gasteiger partial charge in [-0.05, 0) is 43.7 Å². The number of anilines is 1. The van der Waals surface area contributed by atoms with E-state index in [1.54, 1.807) is 18.7 Å². The molecule has 1 aromatic carbocycles. The van der Waals surface area contributed by atoms with Gasteiger partial charge in [0.15, 0.2) is 0 Å². The zero-order valence-electron chi connectivity index (χ0n) is 12.9. The van der Waals surface area contributed by atoms with Crippen LogP contribution in [0.3, 0.4) is 0 Å². The number of aromatic nitrogens is 3. The van der Waals surface area contributed by atoms with Crippen molar-refractivity contribution in [3.63, 3.8) is 0 Å². The Bertz CT molecular complexity index is 896. The van der Waals surface area contributed by atoms with Gasteiger partial charge in [0.05, 0.1) is 17.4 Å². The zero-order chi connectivity index (χ0) is 16.0. The molecule has 3 aromatic rings. The number of hydrogen-bond acceptors (Lipinski definition) is 3. The van der Waals surface area contributed by atoms with Crippen molar-refractivity contribution in [3.8, 4) is 16.9 Å². The van der Waals surface area contributed by atoms with Gasteiger partial charge in [0.25, 0.3) is 0 Å². The summed E-state index contributed by atoms with van der Waals surface area (Å²) >= 11 is 0. The summed E-state index contributed by atoms with van der Waals surface area (Å²) < 4.78 is 1.94. The van der Waals surface area contributed by atoms with Crippen molar-refractivity contribution in [2.24, 2.45) is 0 Å². The van der Waals surface area contributed by atoms with Crippen molar-refractivity contribution >= 4 is 11.6 Å². The number of hydrogen-bond donors (Lipinski definition) is 1. The van der Waals surface area contributed by atoms with E-state index in [0.717, 1.165) is 28.2 Å². The first-order valence-electron chi connectivity index (χ1n) is 7.46. The van der Waals surface area contributed by atoms with E-state index in [2.05, 4.69) is 15.3 Å². The van der Waals surface area contributed by atoms with Gasteiger partial charge in [0.2, 0.25) is 5.91 Å². The first kappa shape index (κ1) is 13.7. The molecule has 1 N–H and O–H groups in total. The molecule has 1 amide bonds. The van der Waals surface area contributed by atoms with Gasteiger partial charge < -0.3 is 9.88 Å². The summed E-state index contributed by atoms with van der Waals surface area (Å²) in [6.07, 6.45) is 7.26. The average molecular weight is 304 g/mol. The van der Waals surface area contributed by atoms with Crippen LogP contribution < -0.4 is 5.32 Å². The molecule has 23 heavy (non-hydrogen) atoms. The van der Waals surface area contributed by atoms with Crippen LogP contribution in [-0.2, 0) is 10.2 Å². The number of nitrogens with zero attached hydrogens (tertiary/aromatic N) is 3. The highest BCUT2D eigenvalue weighted by Crippen LogP contribution is 2.38. The maximum Gasteiger partial charge on any atom is 0.234 e. The minimum atomic E-state index is -0.482. The van der Waals surface area contributed by atoms with Crippen molar-refractivity contribution in [2.45, 2.75) is 19.3 Å². The molecule has 4 rings (SSSR count). The minimum absolute atomic E-state index is 0.0336. The second-order valence-electron chi connectivity index (χ2n) is 6.22. The van der Waals surface area contributed by atoms with E-state index in [0.29, 0.717) is 0 Å². The first-order valence-corrected chi connectivity index (χ1v) is 7.46. The predicted octanol–water partition coefficient (Wildman–Crippen LogP) is 3.16. The van der Waals surface area contributed by atoms with Crippen LogP contribution in [0.5, 0.6) is 0 Å². The number of nitrogens with one attached hydrogen (secondary N) is 1. The number of benzene rings is 1. The van der Waals surface area contributed by atoms with E-state index in [1.807, 2.05) is 54.9 Å². The SMILES string of the molecule is CC1(C)C(=O)Nc2cc(-n3cnc(-c4cccnc4)c3)ccc21. The van der Waals surface area contributed by atoms with Crippen LogP contribution in [0.1, 0.15) is 19.4 Å². The molecule has 1 aliphatic heterocycles. The summed E-state index contributed by atoms with van der Waals surface area (Å²) in [5.41, 5.74) is 4.21. The molecule has 0 spiro atoms. The van der Waals surface area contributed by atoms with Crippen molar-refractivity contribution in [3.05, 3.63) is 60.8 Å². The van der Waals surface area contributed by atoms with Crippen molar-refractivity contribution in [1.29, 1.82) is 0 Å². The summed E-state index contributed by atoms with van der Waals surface area (Å²) in [5.74, 6) is 0.0336. The lowest BCUT2D eigenvalue weighted by Crippen LogP contribution is -2.26. The fourth-order valence-corrected chi connectivity index (χ4v) is 2.87. The van der Waals surface area contributed by atoms with Crippen LogP contribution in [0.15, 0.2) is 55.2 Å². The molecule has 2 aromatic heterocycles. The smallest absolute Gasteiger partial charge is 0.234 e. The van der Waals surface area contributed by atoms with Gasteiger partial charge in [0, 0.05) is 35.5 Å². The lowest BCUT2D eigenvalue weighted by Gasteiger charge is -2.15. The number of imidazole rings is 1. The Hall–Kier alpha value is -2.95. The highest BCUT2D eigenvalue weighted by Gasteiger charge is 2.38. The van der Waals surface area contributed by atoms with Crippen molar-refractivity contribution in [2.75, 3.05) is 5.32 Å². The highest BCUT2D eigenvalue weighted by molar-refractivity contribution is 6.05. The molecule has 0 radical (unpaired) electrons. The van der Waals surface area contributed by atoms with Gasteiger partial charge in [-0.15, -0.1) is 0 Å². The number of carbonyl (C=O) groups is 1. The summed E-state index contributed by atoms with van der Waals surface area (Å²) in [4.78, 5) is 20.6. The van der Waals surface area contributed by atoms with E-state index in [9.17, 15) is 4.79 Å². The third-order valence-corrected chi connectivity index (χ3v) is 4.33. The van der Waals surface area contributed by atoms with Crippen LogP contribution in [0, 0.1) is 0 Å². The Kier molecular flexibility index (Phi) is 2.84. The summed E-state index contributed by atoms with van der Waals surface area (Å²) in [6, 6.07) is 9.87. The summed E-state index contributed by atoms with van der Waals surface area (Å²) in [7, 11) is 0. The number of amides is 1. The Morgan fingerprint density at radius 3 is 2.87 bits per heavy atom.